The molecule has 0 radical (unpaired) electrons. The van der Waals surface area contributed by atoms with Gasteiger partial charge in [0.05, 0.1) is 28.8 Å². The number of esters is 1. The number of amides is 7. The largest absolute Gasteiger partial charge is 0.508 e. The second kappa shape index (κ2) is 32.2. The summed E-state index contributed by atoms with van der Waals surface area (Å²) in [4.78, 5) is 133. The highest BCUT2D eigenvalue weighted by Gasteiger charge is 2.50. The maximum absolute atomic E-state index is 16.5. The van der Waals surface area contributed by atoms with Crippen LogP contribution in [0.25, 0.3) is 32.7 Å². The smallest absolute Gasteiger partial charge is 0.333 e. The number of ether oxygens (including phenoxy) is 6. The van der Waals surface area contributed by atoms with E-state index in [1.165, 1.54) is 54.6 Å². The number of phenols is 6. The number of rotatable bonds is 8. The molecule has 1 fully saturated rings. The summed E-state index contributed by atoms with van der Waals surface area (Å²) in [6.45, 7) is 0.0469. The molecule has 7 aliphatic heterocycles. The van der Waals surface area contributed by atoms with E-state index in [9.17, 15) is 55.5 Å². The zero-order valence-corrected chi connectivity index (χ0v) is 64.2. The number of nitrogens with one attached hydrogen (secondary N) is 7. The number of aromatic hydroxyl groups is 6. The first-order valence-corrected chi connectivity index (χ1v) is 38.2. The van der Waals surface area contributed by atoms with Crippen LogP contribution >= 0.6 is 35.0 Å². The second-order valence-electron chi connectivity index (χ2n) is 28.5. The molecule has 608 valence electrons. The van der Waals surface area contributed by atoms with Gasteiger partial charge in [-0.2, -0.15) is 0 Å². The lowest BCUT2D eigenvalue weighted by Gasteiger charge is -2.44. The number of hydrogen-bond donors (Lipinski definition) is 16. The van der Waals surface area contributed by atoms with Gasteiger partial charge in [-0.25, -0.2) is 14.8 Å². The Hall–Kier alpha value is -13.5. The third-order valence-corrected chi connectivity index (χ3v) is 22.3. The quantitative estimate of drug-likeness (QED) is 0.0512. The second-order valence-corrected chi connectivity index (χ2v) is 30.3. The molecular formula is C83H68Cl2N10O23S. The molecule has 7 amide bonds. The normalized spacial score (nSPS) is 23.0. The standard InChI is InChI=1S/C83H68Cl2N10O23S/c1-34(97)88-67-72(105)71(104)61(33-96)117-82(67)118-73-40-11-15-57(51(85)25-40)116-60-28-42-27-59(70(60)103)115-56-14-8-35(18-50(56)84)19-52-74(106)90-64(76(108)92-65(42)77(109)91-63-38-9-12-53(100)48(24-38)62-49(30-45(99)31-55(62)102)66(81(112)113-2)93-78(110)68(73)94-75(63)107)41-21-44(98)29-46(22-41)114-58-26-39(10-13-54(58)101)69(79(111)89-52)95-32-43-20-36-6-3-4-7-37(36)23-47(43)80(95)119-83-86-16-5-17-87-83/h3-18,20-32,52,61,63-69,71-73,82,96,98-105H,19,33H2,1-2H3,(H,88,97)(H,89,111)(H,90,106)(H,91,109)(H,92,108)(H,93,110)(H,94,107)/t52-,61-,63-,64+,65-,66+,67-,68+,69-,71-,72-,73-,82+/m1/s1. The lowest BCUT2D eigenvalue weighted by molar-refractivity contribution is -0.284. The number of hydrogen-bond acceptors (Lipinski definition) is 26. The van der Waals surface area contributed by atoms with Gasteiger partial charge in [0.2, 0.25) is 47.1 Å². The van der Waals surface area contributed by atoms with Gasteiger partial charge in [-0.1, -0.05) is 71.7 Å². The van der Waals surface area contributed by atoms with Gasteiger partial charge in [-0.3, -0.25) is 33.6 Å². The van der Waals surface area contributed by atoms with Crippen LogP contribution in [-0.4, -0.2) is 164 Å². The molecule has 0 spiro atoms. The minimum atomic E-state index is -2.35. The van der Waals surface area contributed by atoms with Crippen molar-refractivity contribution in [2.75, 3.05) is 13.7 Å². The van der Waals surface area contributed by atoms with Crippen molar-refractivity contribution in [2.24, 2.45) is 0 Å². The molecule has 7 aliphatic rings. The van der Waals surface area contributed by atoms with Crippen molar-refractivity contribution in [1.82, 2.24) is 51.8 Å². The van der Waals surface area contributed by atoms with Crippen molar-refractivity contribution >= 4 is 104 Å². The van der Waals surface area contributed by atoms with Gasteiger partial charge in [0.15, 0.2) is 40.5 Å². The summed E-state index contributed by atoms with van der Waals surface area (Å²) in [7, 11) is 0.926. The minimum Gasteiger partial charge on any atom is -0.508 e. The topological polar surface area (TPSA) is 489 Å². The molecule has 119 heavy (non-hydrogen) atoms. The number of carbonyl (C=O) groups excluding carboxylic acids is 8. The lowest BCUT2D eigenvalue weighted by Crippen LogP contribution is -2.65. The monoisotopic (exact) mass is 1670 g/mol. The Kier molecular flexibility index (Phi) is 21.5. The summed E-state index contributed by atoms with van der Waals surface area (Å²) < 4.78 is 38.8. The van der Waals surface area contributed by atoms with Gasteiger partial charge in [0, 0.05) is 71.5 Å². The van der Waals surface area contributed by atoms with Crippen LogP contribution in [0.3, 0.4) is 0 Å². The van der Waals surface area contributed by atoms with Crippen molar-refractivity contribution in [3.8, 4) is 80.1 Å². The number of methoxy groups -OCH3 is 1. The van der Waals surface area contributed by atoms with Crippen LogP contribution in [0.15, 0.2) is 186 Å². The lowest BCUT2D eigenvalue weighted by atomic mass is 9.89. The van der Waals surface area contributed by atoms with Crippen molar-refractivity contribution in [1.29, 1.82) is 0 Å². The van der Waals surface area contributed by atoms with Gasteiger partial charge in [-0.05, 0) is 153 Å². The molecule has 1 saturated heterocycles. The molecule has 18 rings (SSSR count). The van der Waals surface area contributed by atoms with Crippen LogP contribution < -0.4 is 51.4 Å². The Balaban J connectivity index is 0.886. The van der Waals surface area contributed by atoms with Crippen molar-refractivity contribution in [2.45, 2.75) is 103 Å². The molecule has 2 aromatic heterocycles. The SMILES string of the molecule is COC(=O)[C@H]1NC(=O)[C@H]2NC(=O)[C@H](NC(=O)[C@@H]3NC(=O)[C@H]4NC(=O)[C@@H](Cc5ccc(c(Cl)c5)Oc5cc3cc(c5O)Oc3ccc(cc3Cl)[C@H]2O[C@@H]2O[C@H](CO)[C@@H](O)[C@H](O)[C@H]2NC(C)=O)NC(=O)[C@H](n2cc3cc5ccccc5cc3c2Sc2ncccn2)c2ccc(O)c(c2)Oc2cc(O)cc4c2)c2ccc(O)c(c2)-c2c(O)cc(O)cc21. The number of benzene rings is 9. The highest BCUT2D eigenvalue weighted by molar-refractivity contribution is 7.99. The predicted molar refractivity (Wildman–Crippen MR) is 420 cm³/mol. The van der Waals surface area contributed by atoms with Gasteiger partial charge in [-0.15, -0.1) is 0 Å². The van der Waals surface area contributed by atoms with E-state index in [0.717, 1.165) is 97.2 Å². The Morgan fingerprint density at radius 2 is 1.21 bits per heavy atom. The van der Waals surface area contributed by atoms with E-state index in [1.54, 1.807) is 29.2 Å². The Morgan fingerprint density at radius 1 is 0.580 bits per heavy atom. The molecule has 11 aromatic rings. The molecule has 0 unspecified atom stereocenters. The molecule has 13 atom stereocenters. The number of nitrogens with zero attached hydrogens (tertiary/aromatic N) is 3. The average Bonchev–Trinajstić information content (AvgIpc) is 1.65. The molecular weight excluding hydrogens is 1610 g/mol. The first kappa shape index (κ1) is 79.4. The Labute approximate surface area is 686 Å². The van der Waals surface area contributed by atoms with E-state index in [1.807, 2.05) is 36.4 Å². The highest BCUT2D eigenvalue weighted by Crippen LogP contribution is 2.50. The van der Waals surface area contributed by atoms with Crippen molar-refractivity contribution < 1.29 is 113 Å². The fourth-order valence-corrected chi connectivity index (χ4v) is 16.5. The van der Waals surface area contributed by atoms with Crippen LogP contribution in [0, 0.1) is 0 Å². The molecule has 0 aliphatic carbocycles. The fourth-order valence-electron chi connectivity index (χ4n) is 15.1. The first-order chi connectivity index (χ1) is 57.1. The first-order valence-electron chi connectivity index (χ1n) is 36.6. The number of aliphatic hydroxyl groups excluding tert-OH is 3. The molecule has 36 heteroatoms. The third-order valence-electron chi connectivity index (χ3n) is 20.7. The summed E-state index contributed by atoms with van der Waals surface area (Å²) >= 11 is 15.5. The Bertz CT molecular complexity index is 6020. The summed E-state index contributed by atoms with van der Waals surface area (Å²) in [5.41, 5.74) is -2.20. The molecule has 33 nitrogen and oxygen atoms in total. The van der Waals surface area contributed by atoms with Crippen LogP contribution in [-0.2, 0) is 59.0 Å². The Morgan fingerprint density at radius 3 is 1.90 bits per heavy atom. The van der Waals surface area contributed by atoms with E-state index >= 15 is 28.8 Å². The van der Waals surface area contributed by atoms with Gasteiger partial charge in [0.1, 0.15) is 107 Å². The maximum Gasteiger partial charge on any atom is 0.333 e. The van der Waals surface area contributed by atoms with E-state index in [0.29, 0.717) is 15.8 Å². The summed E-state index contributed by atoms with van der Waals surface area (Å²) in [5.74, 6) is -16.1. The number of phenolic OH excluding ortho intramolecular Hbond substituents is 6. The summed E-state index contributed by atoms with van der Waals surface area (Å²) in [5, 5.41) is 126. The third kappa shape index (κ3) is 15.6. The summed E-state index contributed by atoms with van der Waals surface area (Å²) in [6, 6.07) is 19.3. The van der Waals surface area contributed by atoms with Gasteiger partial charge in [0.25, 0.3) is 0 Å². The molecule has 9 aromatic carbocycles. The van der Waals surface area contributed by atoms with Crippen molar-refractivity contribution in [3.05, 3.63) is 225 Å². The van der Waals surface area contributed by atoms with Crippen LogP contribution in [0.5, 0.6) is 69.0 Å². The van der Waals surface area contributed by atoms with E-state index in [-0.39, 0.29) is 61.0 Å². The van der Waals surface area contributed by atoms with Crippen LogP contribution in [0.1, 0.15) is 82.2 Å². The molecule has 16 N–H and O–H groups in total. The minimum absolute atomic E-state index is 0.181. The van der Waals surface area contributed by atoms with E-state index in [2.05, 4.69) is 47.2 Å². The average molecular weight is 1680 g/mol. The van der Waals surface area contributed by atoms with E-state index in [4.69, 9.17) is 51.6 Å². The number of aromatic nitrogens is 3. The zero-order valence-electron chi connectivity index (χ0n) is 61.9. The number of halogens is 2. The highest BCUT2D eigenvalue weighted by atomic mass is 35.5. The number of fused-ring (bicyclic) bond motifs is 16. The predicted octanol–water partition coefficient (Wildman–Crippen LogP) is 7.68. The summed E-state index contributed by atoms with van der Waals surface area (Å²) in [6.07, 6.45) is -5.38. The van der Waals surface area contributed by atoms with Crippen LogP contribution in [0.2, 0.25) is 10.0 Å². The van der Waals surface area contributed by atoms with Crippen LogP contribution in [0.4, 0.5) is 0 Å². The van der Waals surface area contributed by atoms with E-state index < -0.39 is 213 Å². The zero-order chi connectivity index (χ0) is 83.7. The van der Waals surface area contributed by atoms with Gasteiger partial charge < -0.3 is 116 Å². The fraction of sp³-hybridized carbons (Fsp3) is 0.205. The molecule has 9 heterocycles. The maximum atomic E-state index is 16.5. The van der Waals surface area contributed by atoms with Crippen molar-refractivity contribution in [3.63, 3.8) is 0 Å². The number of carbonyl (C=O) groups is 8. The number of aliphatic hydroxyl groups is 3. The van der Waals surface area contributed by atoms with Gasteiger partial charge >= 0.3 is 5.97 Å². The molecule has 0 saturated carbocycles. The molecule has 17 bridgehead atoms.